The maximum Gasteiger partial charge on any atom is 0.239 e. The second kappa shape index (κ2) is 6.92. The van der Waals surface area contributed by atoms with E-state index in [1.165, 1.54) is 5.56 Å². The summed E-state index contributed by atoms with van der Waals surface area (Å²) in [4.78, 5) is 28.3. The smallest absolute Gasteiger partial charge is 0.239 e. The van der Waals surface area contributed by atoms with E-state index in [4.69, 9.17) is 5.11 Å². The summed E-state index contributed by atoms with van der Waals surface area (Å²) in [6, 6.07) is 5.92. The fourth-order valence-corrected chi connectivity index (χ4v) is 2.82. The van der Waals surface area contributed by atoms with Crippen LogP contribution in [0.5, 0.6) is 0 Å². The van der Waals surface area contributed by atoms with E-state index in [1.807, 2.05) is 39.0 Å². The molecular formula is C17H24N2O3. The van der Waals surface area contributed by atoms with Gasteiger partial charge in [-0.2, -0.15) is 0 Å². The molecule has 2 rings (SSSR count). The van der Waals surface area contributed by atoms with E-state index in [-0.39, 0.29) is 25.0 Å². The molecule has 0 spiro atoms. The SMILES string of the molecule is CCN(CCO)C(=O)C1CCN(c2ccc(C)c(C)c2)C1=O. The van der Waals surface area contributed by atoms with E-state index in [0.29, 0.717) is 19.5 Å². The molecule has 1 heterocycles. The number of carbonyl (C=O) groups is 2. The van der Waals surface area contributed by atoms with Gasteiger partial charge in [-0.3, -0.25) is 9.59 Å². The standard InChI is InChI=1S/C17H24N2O3/c1-4-18(9-10-20)16(21)15-7-8-19(17(15)22)14-6-5-12(2)13(3)11-14/h5-6,11,15,20H,4,7-10H2,1-3H3. The van der Waals surface area contributed by atoms with Gasteiger partial charge in [0.1, 0.15) is 5.92 Å². The number of aliphatic hydroxyl groups is 1. The Labute approximate surface area is 131 Å². The summed E-state index contributed by atoms with van der Waals surface area (Å²) < 4.78 is 0. The maximum atomic E-state index is 12.6. The summed E-state index contributed by atoms with van der Waals surface area (Å²) in [5.74, 6) is -0.925. The predicted octanol–water partition coefficient (Wildman–Crippen LogP) is 1.50. The molecule has 1 fully saturated rings. The number of carbonyl (C=O) groups excluding carboxylic acids is 2. The Morgan fingerprint density at radius 3 is 2.68 bits per heavy atom. The van der Waals surface area contributed by atoms with Crippen molar-refractivity contribution in [2.75, 3.05) is 31.1 Å². The number of rotatable bonds is 5. The molecular weight excluding hydrogens is 280 g/mol. The second-order valence-corrected chi connectivity index (χ2v) is 5.74. The highest BCUT2D eigenvalue weighted by atomic mass is 16.3. The molecule has 5 heteroatoms. The van der Waals surface area contributed by atoms with Gasteiger partial charge in [0.25, 0.3) is 0 Å². The molecule has 0 bridgehead atoms. The zero-order valence-corrected chi connectivity index (χ0v) is 13.5. The van der Waals surface area contributed by atoms with Crippen LogP contribution < -0.4 is 4.90 Å². The third-order valence-corrected chi connectivity index (χ3v) is 4.37. The van der Waals surface area contributed by atoms with Gasteiger partial charge in [-0.25, -0.2) is 0 Å². The van der Waals surface area contributed by atoms with Crippen LogP contribution in [-0.2, 0) is 9.59 Å². The first kappa shape index (κ1) is 16.5. The van der Waals surface area contributed by atoms with Gasteiger partial charge >= 0.3 is 0 Å². The number of hydrogen-bond acceptors (Lipinski definition) is 3. The van der Waals surface area contributed by atoms with Gasteiger partial charge in [0, 0.05) is 25.3 Å². The summed E-state index contributed by atoms with van der Waals surface area (Å²) >= 11 is 0. The summed E-state index contributed by atoms with van der Waals surface area (Å²) in [6.45, 7) is 7.17. The lowest BCUT2D eigenvalue weighted by Crippen LogP contribution is -2.41. The molecule has 1 atom stereocenters. The predicted molar refractivity (Wildman–Crippen MR) is 85.7 cm³/mol. The number of aliphatic hydroxyl groups excluding tert-OH is 1. The van der Waals surface area contributed by atoms with Crippen molar-refractivity contribution < 1.29 is 14.7 Å². The Morgan fingerprint density at radius 2 is 2.09 bits per heavy atom. The summed E-state index contributed by atoms with van der Waals surface area (Å²) in [7, 11) is 0. The Bertz CT molecular complexity index is 571. The molecule has 1 saturated heterocycles. The Balaban J connectivity index is 2.15. The lowest BCUT2D eigenvalue weighted by atomic mass is 10.1. The molecule has 0 aliphatic carbocycles. The summed E-state index contributed by atoms with van der Waals surface area (Å²) in [5, 5.41) is 9.02. The minimum absolute atomic E-state index is 0.0820. The molecule has 1 N–H and O–H groups in total. The first-order valence-corrected chi connectivity index (χ1v) is 7.77. The van der Waals surface area contributed by atoms with E-state index in [0.717, 1.165) is 11.3 Å². The second-order valence-electron chi connectivity index (χ2n) is 5.74. The average molecular weight is 304 g/mol. The van der Waals surface area contributed by atoms with Crippen molar-refractivity contribution in [3.63, 3.8) is 0 Å². The molecule has 1 aromatic carbocycles. The minimum Gasteiger partial charge on any atom is -0.395 e. The highest BCUT2D eigenvalue weighted by Gasteiger charge is 2.39. The van der Waals surface area contributed by atoms with Crippen molar-refractivity contribution >= 4 is 17.5 Å². The Kier molecular flexibility index (Phi) is 5.19. The topological polar surface area (TPSA) is 60.9 Å². The van der Waals surface area contributed by atoms with Crippen molar-refractivity contribution in [1.29, 1.82) is 0 Å². The van der Waals surface area contributed by atoms with Crippen LogP contribution in [0, 0.1) is 19.8 Å². The molecule has 0 radical (unpaired) electrons. The molecule has 22 heavy (non-hydrogen) atoms. The van der Waals surface area contributed by atoms with Crippen LogP contribution in [0.2, 0.25) is 0 Å². The highest BCUT2D eigenvalue weighted by Crippen LogP contribution is 2.28. The number of amides is 2. The van der Waals surface area contributed by atoms with Gasteiger partial charge in [0.2, 0.25) is 11.8 Å². The zero-order chi connectivity index (χ0) is 16.3. The van der Waals surface area contributed by atoms with Crippen molar-refractivity contribution in [1.82, 2.24) is 4.90 Å². The fourth-order valence-electron chi connectivity index (χ4n) is 2.82. The number of benzene rings is 1. The number of nitrogens with zero attached hydrogens (tertiary/aromatic N) is 2. The Morgan fingerprint density at radius 1 is 1.36 bits per heavy atom. The number of aryl methyl sites for hydroxylation is 2. The van der Waals surface area contributed by atoms with Crippen LogP contribution in [0.4, 0.5) is 5.69 Å². The average Bonchev–Trinajstić information content (AvgIpc) is 2.88. The fraction of sp³-hybridized carbons (Fsp3) is 0.529. The van der Waals surface area contributed by atoms with Gasteiger partial charge in [-0.05, 0) is 50.5 Å². The van der Waals surface area contributed by atoms with Crippen LogP contribution in [0.15, 0.2) is 18.2 Å². The number of anilines is 1. The van der Waals surface area contributed by atoms with E-state index in [9.17, 15) is 9.59 Å². The molecule has 1 aliphatic rings. The van der Waals surface area contributed by atoms with Crippen LogP contribution in [0.3, 0.4) is 0 Å². The molecule has 1 aliphatic heterocycles. The minimum atomic E-state index is -0.617. The van der Waals surface area contributed by atoms with Gasteiger partial charge in [-0.1, -0.05) is 6.07 Å². The molecule has 5 nitrogen and oxygen atoms in total. The molecule has 1 unspecified atom stereocenters. The van der Waals surface area contributed by atoms with Crippen molar-refractivity contribution in [3.05, 3.63) is 29.3 Å². The summed E-state index contributed by atoms with van der Waals surface area (Å²) in [5.41, 5.74) is 3.17. The normalized spacial score (nSPS) is 17.9. The van der Waals surface area contributed by atoms with Gasteiger partial charge < -0.3 is 14.9 Å². The third kappa shape index (κ3) is 3.14. The lowest BCUT2D eigenvalue weighted by molar-refractivity contribution is -0.140. The van der Waals surface area contributed by atoms with Gasteiger partial charge in [0.05, 0.1) is 6.61 Å². The van der Waals surface area contributed by atoms with Crippen LogP contribution in [0.25, 0.3) is 0 Å². The van der Waals surface area contributed by atoms with Gasteiger partial charge in [0.15, 0.2) is 0 Å². The van der Waals surface area contributed by atoms with E-state index >= 15 is 0 Å². The first-order valence-electron chi connectivity index (χ1n) is 7.77. The van der Waals surface area contributed by atoms with E-state index < -0.39 is 5.92 Å². The molecule has 1 aromatic rings. The molecule has 0 saturated carbocycles. The number of hydrogen-bond donors (Lipinski definition) is 1. The third-order valence-electron chi connectivity index (χ3n) is 4.37. The molecule has 0 aromatic heterocycles. The monoisotopic (exact) mass is 304 g/mol. The van der Waals surface area contributed by atoms with E-state index in [1.54, 1.807) is 9.80 Å². The van der Waals surface area contributed by atoms with Crippen LogP contribution in [0.1, 0.15) is 24.5 Å². The largest absolute Gasteiger partial charge is 0.395 e. The number of likely N-dealkylation sites (N-methyl/N-ethyl adjacent to an activating group) is 1. The van der Waals surface area contributed by atoms with Gasteiger partial charge in [-0.15, -0.1) is 0 Å². The zero-order valence-electron chi connectivity index (χ0n) is 13.5. The summed E-state index contributed by atoms with van der Waals surface area (Å²) in [6.07, 6.45) is 0.534. The van der Waals surface area contributed by atoms with Crippen molar-refractivity contribution in [3.8, 4) is 0 Å². The molecule has 2 amide bonds. The van der Waals surface area contributed by atoms with Crippen molar-refractivity contribution in [2.24, 2.45) is 5.92 Å². The van der Waals surface area contributed by atoms with E-state index in [2.05, 4.69) is 0 Å². The highest BCUT2D eigenvalue weighted by molar-refractivity contribution is 6.09. The Hall–Kier alpha value is -1.88. The maximum absolute atomic E-state index is 12.6. The van der Waals surface area contributed by atoms with Crippen molar-refractivity contribution in [2.45, 2.75) is 27.2 Å². The van der Waals surface area contributed by atoms with Crippen LogP contribution >= 0.6 is 0 Å². The lowest BCUT2D eigenvalue weighted by Gasteiger charge is -2.23. The first-order chi connectivity index (χ1) is 10.5. The van der Waals surface area contributed by atoms with Crippen LogP contribution in [-0.4, -0.2) is 48.1 Å². The quantitative estimate of drug-likeness (QED) is 0.839. The molecule has 120 valence electrons.